The smallest absolute Gasteiger partial charge is 0.0580 e. The first-order valence-corrected chi connectivity index (χ1v) is 8.59. The van der Waals surface area contributed by atoms with Crippen LogP contribution in [0.1, 0.15) is 71.6 Å². The van der Waals surface area contributed by atoms with Gasteiger partial charge >= 0.3 is 0 Å². The third-order valence-corrected chi connectivity index (χ3v) is 4.85. The van der Waals surface area contributed by atoms with Crippen molar-refractivity contribution in [1.82, 2.24) is 5.32 Å². The molecule has 0 spiro atoms. The summed E-state index contributed by atoms with van der Waals surface area (Å²) in [6.45, 7) is 6.83. The van der Waals surface area contributed by atoms with E-state index in [1.54, 1.807) is 0 Å². The van der Waals surface area contributed by atoms with E-state index in [4.69, 9.17) is 4.74 Å². The van der Waals surface area contributed by atoms with E-state index < -0.39 is 0 Å². The number of hydrogen-bond acceptors (Lipinski definition) is 2. The summed E-state index contributed by atoms with van der Waals surface area (Å²) in [4.78, 5) is 0. The lowest BCUT2D eigenvalue weighted by atomic mass is 9.82. The molecular formula is C17H33NO. The second kappa shape index (κ2) is 8.26. The molecule has 0 saturated heterocycles. The fourth-order valence-corrected chi connectivity index (χ4v) is 3.94. The Hall–Kier alpha value is -0.0800. The second-order valence-electron chi connectivity index (χ2n) is 7.05. The van der Waals surface area contributed by atoms with Crippen LogP contribution in [0.3, 0.4) is 0 Å². The highest BCUT2D eigenvalue weighted by Crippen LogP contribution is 2.30. The quantitative estimate of drug-likeness (QED) is 0.730. The minimum absolute atomic E-state index is 0.536. The van der Waals surface area contributed by atoms with Crippen molar-refractivity contribution in [3.63, 3.8) is 0 Å². The summed E-state index contributed by atoms with van der Waals surface area (Å²) >= 11 is 0. The van der Waals surface area contributed by atoms with Crippen molar-refractivity contribution in [2.75, 3.05) is 13.2 Å². The van der Waals surface area contributed by atoms with E-state index in [9.17, 15) is 0 Å². The van der Waals surface area contributed by atoms with Crippen LogP contribution in [0.4, 0.5) is 0 Å². The Bertz CT molecular complexity index is 227. The molecular weight excluding hydrogens is 234 g/mol. The van der Waals surface area contributed by atoms with Crippen LogP contribution in [0.15, 0.2) is 0 Å². The molecule has 0 aromatic carbocycles. The van der Waals surface area contributed by atoms with Gasteiger partial charge in [-0.3, -0.25) is 0 Å². The molecule has 2 aliphatic rings. The van der Waals surface area contributed by atoms with Crippen LogP contribution in [-0.4, -0.2) is 25.3 Å². The Morgan fingerprint density at radius 2 is 1.63 bits per heavy atom. The molecule has 2 nitrogen and oxygen atoms in total. The molecule has 0 aliphatic heterocycles. The van der Waals surface area contributed by atoms with Crippen molar-refractivity contribution in [2.24, 2.45) is 11.8 Å². The van der Waals surface area contributed by atoms with Gasteiger partial charge in [-0.15, -0.1) is 0 Å². The fourth-order valence-electron chi connectivity index (χ4n) is 3.94. The van der Waals surface area contributed by atoms with Gasteiger partial charge in [-0.25, -0.2) is 0 Å². The number of ether oxygens (including phenoxy) is 1. The van der Waals surface area contributed by atoms with E-state index in [1.165, 1.54) is 57.8 Å². The number of nitrogens with one attached hydrogen (secondary N) is 1. The highest BCUT2D eigenvalue weighted by Gasteiger charge is 2.24. The summed E-state index contributed by atoms with van der Waals surface area (Å²) in [5.74, 6) is 1.71. The van der Waals surface area contributed by atoms with E-state index in [0.29, 0.717) is 6.10 Å². The van der Waals surface area contributed by atoms with Crippen LogP contribution in [-0.2, 0) is 4.74 Å². The number of hydrogen-bond donors (Lipinski definition) is 1. The molecule has 0 bridgehead atoms. The van der Waals surface area contributed by atoms with Gasteiger partial charge in [0.25, 0.3) is 0 Å². The normalized spacial score (nSPS) is 33.5. The van der Waals surface area contributed by atoms with Crippen molar-refractivity contribution in [2.45, 2.75) is 83.8 Å². The summed E-state index contributed by atoms with van der Waals surface area (Å²) in [5, 5.41) is 3.70. The van der Waals surface area contributed by atoms with Gasteiger partial charge in [0.2, 0.25) is 0 Å². The Morgan fingerprint density at radius 1 is 0.947 bits per heavy atom. The minimum Gasteiger partial charge on any atom is -0.378 e. The van der Waals surface area contributed by atoms with E-state index in [2.05, 4.69) is 19.2 Å². The van der Waals surface area contributed by atoms with Gasteiger partial charge < -0.3 is 10.1 Å². The predicted molar refractivity (Wildman–Crippen MR) is 81.4 cm³/mol. The first kappa shape index (κ1) is 15.3. The molecule has 0 aromatic heterocycles. The zero-order chi connectivity index (χ0) is 13.5. The van der Waals surface area contributed by atoms with Crippen LogP contribution in [0.5, 0.6) is 0 Å². The van der Waals surface area contributed by atoms with Crippen LogP contribution in [0.2, 0.25) is 0 Å². The van der Waals surface area contributed by atoms with Crippen molar-refractivity contribution in [1.29, 1.82) is 0 Å². The van der Waals surface area contributed by atoms with Crippen LogP contribution < -0.4 is 5.32 Å². The van der Waals surface area contributed by atoms with Gasteiger partial charge in [-0.05, 0) is 56.9 Å². The van der Waals surface area contributed by atoms with E-state index in [1.807, 2.05) is 0 Å². The highest BCUT2D eigenvalue weighted by molar-refractivity contribution is 4.75. The lowest BCUT2D eigenvalue weighted by Gasteiger charge is -2.31. The fraction of sp³-hybridized carbons (Fsp3) is 1.00. The Kier molecular flexibility index (Phi) is 6.66. The van der Waals surface area contributed by atoms with E-state index in [0.717, 1.165) is 31.0 Å². The highest BCUT2D eigenvalue weighted by atomic mass is 16.5. The minimum atomic E-state index is 0.536. The van der Waals surface area contributed by atoms with Crippen molar-refractivity contribution < 1.29 is 4.74 Å². The summed E-state index contributed by atoms with van der Waals surface area (Å²) in [6.07, 6.45) is 12.7. The summed E-state index contributed by atoms with van der Waals surface area (Å²) in [6, 6.07) is 0.795. The maximum absolute atomic E-state index is 6.07. The predicted octanol–water partition coefficient (Wildman–Crippen LogP) is 4.14. The average Bonchev–Trinajstić information content (AvgIpc) is 2.38. The molecule has 2 aliphatic carbocycles. The Labute approximate surface area is 119 Å². The van der Waals surface area contributed by atoms with Crippen molar-refractivity contribution >= 4 is 0 Å². The van der Waals surface area contributed by atoms with E-state index in [-0.39, 0.29) is 0 Å². The zero-order valence-electron chi connectivity index (χ0n) is 13.0. The SMILES string of the molecule is CC1CC(C)CC(OCCCNC2CCCCC2)C1. The van der Waals surface area contributed by atoms with Gasteiger partial charge in [0.15, 0.2) is 0 Å². The molecule has 2 heteroatoms. The lowest BCUT2D eigenvalue weighted by Crippen LogP contribution is -2.32. The van der Waals surface area contributed by atoms with E-state index >= 15 is 0 Å². The largest absolute Gasteiger partial charge is 0.378 e. The van der Waals surface area contributed by atoms with Gasteiger partial charge in [0.05, 0.1) is 6.10 Å². The molecule has 112 valence electrons. The molecule has 0 radical (unpaired) electrons. The molecule has 2 rings (SSSR count). The van der Waals surface area contributed by atoms with Crippen molar-refractivity contribution in [3.05, 3.63) is 0 Å². The third kappa shape index (κ3) is 5.83. The summed E-state index contributed by atoms with van der Waals surface area (Å²) in [7, 11) is 0. The first-order chi connectivity index (χ1) is 9.24. The molecule has 2 atom stereocenters. The van der Waals surface area contributed by atoms with Gasteiger partial charge in [-0.1, -0.05) is 33.1 Å². The molecule has 19 heavy (non-hydrogen) atoms. The Morgan fingerprint density at radius 3 is 2.32 bits per heavy atom. The number of rotatable bonds is 6. The van der Waals surface area contributed by atoms with Crippen molar-refractivity contribution in [3.8, 4) is 0 Å². The van der Waals surface area contributed by atoms with Gasteiger partial charge in [0, 0.05) is 12.6 Å². The average molecular weight is 267 g/mol. The molecule has 1 N–H and O–H groups in total. The topological polar surface area (TPSA) is 21.3 Å². The second-order valence-corrected chi connectivity index (χ2v) is 7.05. The van der Waals surface area contributed by atoms with Gasteiger partial charge in [0.1, 0.15) is 0 Å². The Balaban J connectivity index is 1.49. The standard InChI is InChI=1S/C17H33NO/c1-14-11-15(2)13-17(12-14)19-10-6-9-18-16-7-4-3-5-8-16/h14-18H,3-13H2,1-2H3. The third-order valence-electron chi connectivity index (χ3n) is 4.85. The molecule has 0 aromatic rings. The molecule has 2 fully saturated rings. The van der Waals surface area contributed by atoms with Crippen LogP contribution in [0.25, 0.3) is 0 Å². The first-order valence-electron chi connectivity index (χ1n) is 8.59. The maximum atomic E-state index is 6.07. The molecule has 0 heterocycles. The summed E-state index contributed by atoms with van der Waals surface area (Å²) < 4.78 is 6.07. The van der Waals surface area contributed by atoms with Gasteiger partial charge in [-0.2, -0.15) is 0 Å². The van der Waals surface area contributed by atoms with Crippen LogP contribution in [0, 0.1) is 11.8 Å². The summed E-state index contributed by atoms with van der Waals surface area (Å²) in [5.41, 5.74) is 0. The van der Waals surface area contributed by atoms with Crippen LogP contribution >= 0.6 is 0 Å². The molecule has 2 unspecified atom stereocenters. The molecule has 0 amide bonds. The maximum Gasteiger partial charge on any atom is 0.0580 e. The lowest BCUT2D eigenvalue weighted by molar-refractivity contribution is -0.0000267. The molecule has 2 saturated carbocycles. The monoisotopic (exact) mass is 267 g/mol. The zero-order valence-corrected chi connectivity index (χ0v) is 13.0.